The normalized spacial score (nSPS) is 17.4. The largest absolute Gasteiger partial charge is 0.392 e. The van der Waals surface area contributed by atoms with Crippen molar-refractivity contribution in [3.05, 3.63) is 34.9 Å². The van der Waals surface area contributed by atoms with Gasteiger partial charge in [0.25, 0.3) is 0 Å². The molecule has 1 aliphatic rings. The van der Waals surface area contributed by atoms with E-state index in [0.29, 0.717) is 6.10 Å². The Labute approximate surface area is 94.9 Å². The maximum Gasteiger partial charge on any atom is 0.139 e. The Morgan fingerprint density at radius 3 is 2.53 bits per heavy atom. The van der Waals surface area contributed by atoms with Gasteiger partial charge in [-0.25, -0.2) is 0 Å². The third-order valence-electron chi connectivity index (χ3n) is 2.52. The van der Waals surface area contributed by atoms with Crippen molar-refractivity contribution in [2.75, 3.05) is 0 Å². The number of nitrogens with zero attached hydrogens (tertiary/aromatic N) is 1. The molecule has 3 heteroatoms. The van der Waals surface area contributed by atoms with E-state index in [1.165, 1.54) is 12.8 Å². The van der Waals surface area contributed by atoms with Crippen LogP contribution in [0, 0.1) is 0 Å². The maximum absolute atomic E-state index is 5.76. The Morgan fingerprint density at radius 1 is 1.20 bits per heavy atom. The van der Waals surface area contributed by atoms with Crippen molar-refractivity contribution in [3.63, 3.8) is 0 Å². The van der Waals surface area contributed by atoms with Gasteiger partial charge in [-0.15, -0.1) is 0 Å². The van der Waals surface area contributed by atoms with Crippen molar-refractivity contribution in [1.82, 2.24) is 0 Å². The lowest BCUT2D eigenvalue weighted by atomic mass is 10.2. The zero-order valence-corrected chi connectivity index (χ0v) is 9.20. The first-order valence-corrected chi connectivity index (χ1v) is 5.60. The highest BCUT2D eigenvalue weighted by molar-refractivity contribution is 6.30. The summed E-state index contributed by atoms with van der Waals surface area (Å²) in [6.07, 6.45) is 7.87. The van der Waals surface area contributed by atoms with E-state index in [1.54, 1.807) is 0 Å². The second-order valence-electron chi connectivity index (χ2n) is 3.72. The summed E-state index contributed by atoms with van der Waals surface area (Å²) in [6.45, 7) is 0. The second-order valence-corrected chi connectivity index (χ2v) is 4.16. The zero-order chi connectivity index (χ0) is 10.5. The predicted octanol–water partition coefficient (Wildman–Crippen LogP) is 3.51. The molecule has 2 rings (SSSR count). The summed E-state index contributed by atoms with van der Waals surface area (Å²) in [5.41, 5.74) is 0.886. The Kier molecular flexibility index (Phi) is 3.62. The van der Waals surface area contributed by atoms with Crippen LogP contribution < -0.4 is 0 Å². The molecule has 1 saturated carbocycles. The molecule has 0 spiro atoms. The van der Waals surface area contributed by atoms with E-state index in [0.717, 1.165) is 23.4 Å². The fraction of sp³-hybridized carbons (Fsp3) is 0.417. The molecule has 15 heavy (non-hydrogen) atoms. The van der Waals surface area contributed by atoms with E-state index < -0.39 is 0 Å². The molecule has 79 valence electrons. The van der Waals surface area contributed by atoms with Crippen LogP contribution in [0.4, 0.5) is 0 Å². The van der Waals surface area contributed by atoms with Crippen molar-refractivity contribution in [1.29, 1.82) is 0 Å². The van der Waals surface area contributed by atoms with Gasteiger partial charge in [-0.3, -0.25) is 0 Å². The minimum atomic E-state index is 0.296. The molecule has 1 aliphatic carbocycles. The molecule has 0 bridgehead atoms. The second kappa shape index (κ2) is 5.17. The molecule has 0 aromatic heterocycles. The molecule has 1 radical (unpaired) electrons. The molecule has 0 amide bonds. The van der Waals surface area contributed by atoms with Gasteiger partial charge in [-0.1, -0.05) is 28.9 Å². The van der Waals surface area contributed by atoms with Gasteiger partial charge < -0.3 is 4.84 Å². The molecule has 0 unspecified atom stereocenters. The van der Waals surface area contributed by atoms with Crippen LogP contribution in [0.2, 0.25) is 5.02 Å². The van der Waals surface area contributed by atoms with E-state index >= 15 is 0 Å². The molecular formula is C12H13ClNO. The highest BCUT2D eigenvalue weighted by Crippen LogP contribution is 2.20. The molecule has 0 saturated heterocycles. The van der Waals surface area contributed by atoms with E-state index in [2.05, 4.69) is 11.4 Å². The van der Waals surface area contributed by atoms with Crippen LogP contribution in [-0.4, -0.2) is 12.3 Å². The summed E-state index contributed by atoms with van der Waals surface area (Å²) in [6, 6.07) is 7.36. The molecule has 0 N–H and O–H groups in total. The Hall–Kier alpha value is -1.02. The monoisotopic (exact) mass is 222 g/mol. The summed E-state index contributed by atoms with van der Waals surface area (Å²) in [5.74, 6) is 0. The lowest BCUT2D eigenvalue weighted by Gasteiger charge is -2.04. The molecule has 0 heterocycles. The van der Waals surface area contributed by atoms with Gasteiger partial charge in [-0.05, 0) is 37.8 Å². The van der Waals surface area contributed by atoms with Crippen LogP contribution in [0.1, 0.15) is 31.2 Å². The molecule has 0 atom stereocenters. The first kappa shape index (κ1) is 10.5. The number of hydrogen-bond donors (Lipinski definition) is 0. The Bertz CT molecular complexity index is 328. The summed E-state index contributed by atoms with van der Waals surface area (Å²) in [4.78, 5) is 5.32. The molecule has 1 aromatic carbocycles. The quantitative estimate of drug-likeness (QED) is 0.567. The predicted molar refractivity (Wildman–Crippen MR) is 61.3 cm³/mol. The molecule has 1 aromatic rings. The highest BCUT2D eigenvalue weighted by atomic mass is 35.5. The average molecular weight is 223 g/mol. The van der Waals surface area contributed by atoms with Gasteiger partial charge in [0.05, 0.1) is 0 Å². The van der Waals surface area contributed by atoms with Crippen LogP contribution in [0.25, 0.3) is 0 Å². The molecular weight excluding hydrogens is 210 g/mol. The minimum absolute atomic E-state index is 0.296. The third-order valence-corrected chi connectivity index (χ3v) is 2.77. The number of rotatable bonds is 3. The van der Waals surface area contributed by atoms with Crippen LogP contribution in [0.5, 0.6) is 0 Å². The first-order valence-electron chi connectivity index (χ1n) is 5.22. The number of halogens is 1. The van der Waals surface area contributed by atoms with Crippen LogP contribution >= 0.6 is 11.6 Å². The lowest BCUT2D eigenvalue weighted by molar-refractivity contribution is 0.0657. The van der Waals surface area contributed by atoms with Crippen LogP contribution in [0.15, 0.2) is 29.4 Å². The summed E-state index contributed by atoms with van der Waals surface area (Å²) in [7, 11) is 0. The molecule has 1 fully saturated rings. The lowest BCUT2D eigenvalue weighted by Crippen LogP contribution is -2.02. The zero-order valence-electron chi connectivity index (χ0n) is 8.45. The van der Waals surface area contributed by atoms with Gasteiger partial charge in [0.2, 0.25) is 0 Å². The highest BCUT2D eigenvalue weighted by Gasteiger charge is 2.15. The third kappa shape index (κ3) is 3.24. The molecule has 2 nitrogen and oxygen atoms in total. The number of hydrogen-bond acceptors (Lipinski definition) is 2. The summed E-state index contributed by atoms with van der Waals surface area (Å²) < 4.78 is 0. The standard InChI is InChI=1S/C12H13ClNO/c13-11-7-5-10(6-8-11)9-14-15-12-3-1-2-4-12/h5-8,12H,1-4H2. The fourth-order valence-corrected chi connectivity index (χ4v) is 1.80. The Morgan fingerprint density at radius 2 is 1.87 bits per heavy atom. The smallest absolute Gasteiger partial charge is 0.139 e. The average Bonchev–Trinajstić information content (AvgIpc) is 2.74. The van der Waals surface area contributed by atoms with Crippen LogP contribution in [-0.2, 0) is 4.84 Å². The number of benzene rings is 1. The van der Waals surface area contributed by atoms with Crippen molar-refractivity contribution in [2.24, 2.45) is 5.16 Å². The topological polar surface area (TPSA) is 21.6 Å². The summed E-state index contributed by atoms with van der Waals surface area (Å²) >= 11 is 5.76. The summed E-state index contributed by atoms with van der Waals surface area (Å²) in [5, 5.41) is 4.58. The van der Waals surface area contributed by atoms with E-state index in [-0.39, 0.29) is 0 Å². The minimum Gasteiger partial charge on any atom is -0.392 e. The SMILES string of the molecule is Clc1ccc(/[C]=N/OC2CCCC2)cc1. The van der Waals surface area contributed by atoms with Crippen molar-refractivity contribution >= 4 is 17.8 Å². The van der Waals surface area contributed by atoms with Gasteiger partial charge in [-0.2, -0.15) is 0 Å². The Balaban J connectivity index is 1.85. The van der Waals surface area contributed by atoms with Crippen molar-refractivity contribution < 1.29 is 4.84 Å². The van der Waals surface area contributed by atoms with Gasteiger partial charge in [0.15, 0.2) is 0 Å². The molecule has 0 aliphatic heterocycles. The van der Waals surface area contributed by atoms with Gasteiger partial charge in [0.1, 0.15) is 12.3 Å². The first-order chi connectivity index (χ1) is 7.34. The van der Waals surface area contributed by atoms with E-state index in [1.807, 2.05) is 24.3 Å². The fourth-order valence-electron chi connectivity index (χ4n) is 1.67. The van der Waals surface area contributed by atoms with Gasteiger partial charge in [0, 0.05) is 10.6 Å². The van der Waals surface area contributed by atoms with Crippen molar-refractivity contribution in [2.45, 2.75) is 31.8 Å². The van der Waals surface area contributed by atoms with Crippen molar-refractivity contribution in [3.8, 4) is 0 Å². The van der Waals surface area contributed by atoms with Crippen LogP contribution in [0.3, 0.4) is 0 Å². The van der Waals surface area contributed by atoms with Gasteiger partial charge >= 0.3 is 0 Å². The van der Waals surface area contributed by atoms with E-state index in [9.17, 15) is 0 Å². The maximum atomic E-state index is 5.76. The van der Waals surface area contributed by atoms with E-state index in [4.69, 9.17) is 16.4 Å².